The van der Waals surface area contributed by atoms with Crippen LogP contribution in [0.3, 0.4) is 0 Å². The molecule has 4 nitrogen and oxygen atoms in total. The summed E-state index contributed by atoms with van der Waals surface area (Å²) < 4.78 is 10.9. The minimum absolute atomic E-state index is 0.449. The number of ether oxygens (including phenoxy) is 2. The minimum Gasteiger partial charge on any atom is -0.391 e. The smallest absolute Gasteiger partial charge is 0.164 e. The van der Waals surface area contributed by atoms with Crippen LogP contribution in [0.25, 0.3) is 0 Å². The van der Waals surface area contributed by atoms with Gasteiger partial charge in [-0.25, -0.2) is 0 Å². The summed E-state index contributed by atoms with van der Waals surface area (Å²) >= 11 is 0. The van der Waals surface area contributed by atoms with E-state index in [1.165, 1.54) is 0 Å². The van der Waals surface area contributed by atoms with Gasteiger partial charge in [0.05, 0.1) is 12.2 Å². The van der Waals surface area contributed by atoms with Crippen LogP contribution in [-0.4, -0.2) is 40.4 Å². The highest BCUT2D eigenvalue weighted by Gasteiger charge is 2.45. The van der Waals surface area contributed by atoms with Crippen LogP contribution < -0.4 is 0 Å². The lowest BCUT2D eigenvalue weighted by Crippen LogP contribution is -2.39. The fourth-order valence-corrected chi connectivity index (χ4v) is 1.56. The van der Waals surface area contributed by atoms with Gasteiger partial charge >= 0.3 is 0 Å². The Kier molecular flexibility index (Phi) is 2.97. The molecule has 0 bridgehead atoms. The summed E-state index contributed by atoms with van der Waals surface area (Å²) in [5.41, 5.74) is 0. The van der Waals surface area contributed by atoms with Crippen molar-refractivity contribution in [2.45, 2.75) is 57.9 Å². The van der Waals surface area contributed by atoms with Crippen molar-refractivity contribution in [3.05, 3.63) is 0 Å². The average molecular weight is 190 g/mol. The molecule has 13 heavy (non-hydrogen) atoms. The maximum Gasteiger partial charge on any atom is 0.164 e. The molecule has 0 aliphatic carbocycles. The van der Waals surface area contributed by atoms with Crippen LogP contribution in [0.1, 0.15) is 27.7 Å². The lowest BCUT2D eigenvalue weighted by molar-refractivity contribution is -0.159. The molecule has 0 radical (unpaired) electrons. The molecule has 1 heterocycles. The topological polar surface area (TPSA) is 58.9 Å². The Bertz CT molecular complexity index is 158. The molecule has 1 rings (SSSR count). The first-order chi connectivity index (χ1) is 5.83. The minimum atomic E-state index is -0.719. The van der Waals surface area contributed by atoms with Crippen LogP contribution in [0.15, 0.2) is 0 Å². The van der Waals surface area contributed by atoms with Gasteiger partial charge in [-0.05, 0) is 27.7 Å². The van der Waals surface area contributed by atoms with E-state index >= 15 is 0 Å². The summed E-state index contributed by atoms with van der Waals surface area (Å²) in [6.45, 7) is 6.80. The second-order valence-electron chi connectivity index (χ2n) is 4.05. The normalized spacial score (nSPS) is 37.4. The standard InChI is InChI=1S/C9H18O4/c1-5(10)7-8(6(2)11)13-9(3,4)12-7/h5-8,10-11H,1-4H3. The Balaban J connectivity index is 2.71. The number of hydrogen-bond donors (Lipinski definition) is 2. The molecule has 2 N–H and O–H groups in total. The van der Waals surface area contributed by atoms with E-state index in [1.54, 1.807) is 27.7 Å². The number of aliphatic hydroxyl groups excluding tert-OH is 2. The van der Waals surface area contributed by atoms with Gasteiger partial charge < -0.3 is 19.7 Å². The van der Waals surface area contributed by atoms with Gasteiger partial charge in [0.25, 0.3) is 0 Å². The monoisotopic (exact) mass is 190 g/mol. The van der Waals surface area contributed by atoms with Crippen molar-refractivity contribution >= 4 is 0 Å². The highest BCUT2D eigenvalue weighted by atomic mass is 16.8. The van der Waals surface area contributed by atoms with E-state index in [9.17, 15) is 10.2 Å². The van der Waals surface area contributed by atoms with E-state index in [1.807, 2.05) is 0 Å². The van der Waals surface area contributed by atoms with Crippen molar-refractivity contribution in [1.29, 1.82) is 0 Å². The molecule has 0 aromatic carbocycles. The maximum absolute atomic E-state index is 9.39. The second-order valence-corrected chi connectivity index (χ2v) is 4.05. The zero-order valence-corrected chi connectivity index (χ0v) is 8.52. The summed E-state index contributed by atoms with van der Waals surface area (Å²) in [6.07, 6.45) is -2.17. The summed E-state index contributed by atoms with van der Waals surface area (Å²) in [6, 6.07) is 0. The van der Waals surface area contributed by atoms with E-state index in [2.05, 4.69) is 0 Å². The largest absolute Gasteiger partial charge is 0.391 e. The third kappa shape index (κ3) is 2.40. The molecule has 0 saturated carbocycles. The first kappa shape index (κ1) is 10.9. The first-order valence-corrected chi connectivity index (χ1v) is 4.55. The summed E-state index contributed by atoms with van der Waals surface area (Å²) in [7, 11) is 0. The Hall–Kier alpha value is -0.160. The van der Waals surface area contributed by atoms with Gasteiger partial charge in [-0.1, -0.05) is 0 Å². The van der Waals surface area contributed by atoms with Gasteiger partial charge in [0.1, 0.15) is 12.2 Å². The van der Waals surface area contributed by atoms with Gasteiger partial charge in [-0.15, -0.1) is 0 Å². The van der Waals surface area contributed by atoms with E-state index in [0.29, 0.717) is 0 Å². The number of hydrogen-bond acceptors (Lipinski definition) is 4. The predicted molar refractivity (Wildman–Crippen MR) is 47.2 cm³/mol. The molecule has 0 aromatic heterocycles. The van der Waals surface area contributed by atoms with Crippen LogP contribution in [-0.2, 0) is 9.47 Å². The van der Waals surface area contributed by atoms with E-state index < -0.39 is 30.2 Å². The van der Waals surface area contributed by atoms with Gasteiger partial charge in [0.15, 0.2) is 5.79 Å². The molecule has 1 saturated heterocycles. The Labute approximate surface area is 78.5 Å². The van der Waals surface area contributed by atoms with Crippen molar-refractivity contribution in [2.24, 2.45) is 0 Å². The van der Waals surface area contributed by atoms with Crippen LogP contribution in [0.2, 0.25) is 0 Å². The van der Waals surface area contributed by atoms with Crippen molar-refractivity contribution in [3.63, 3.8) is 0 Å². The lowest BCUT2D eigenvalue weighted by atomic mass is 10.1. The molecule has 1 aliphatic heterocycles. The van der Waals surface area contributed by atoms with Crippen molar-refractivity contribution in [3.8, 4) is 0 Å². The van der Waals surface area contributed by atoms with Crippen molar-refractivity contribution in [2.75, 3.05) is 0 Å². The Morgan fingerprint density at radius 3 is 1.54 bits per heavy atom. The average Bonchev–Trinajstić information content (AvgIpc) is 2.26. The van der Waals surface area contributed by atoms with Crippen LogP contribution in [0.4, 0.5) is 0 Å². The molecule has 1 aliphatic rings. The number of aliphatic hydroxyl groups is 2. The maximum atomic E-state index is 9.39. The molecule has 4 atom stereocenters. The fraction of sp³-hybridized carbons (Fsp3) is 1.00. The molecule has 0 aromatic rings. The van der Waals surface area contributed by atoms with Crippen LogP contribution >= 0.6 is 0 Å². The van der Waals surface area contributed by atoms with E-state index in [4.69, 9.17) is 9.47 Å². The number of rotatable bonds is 2. The first-order valence-electron chi connectivity index (χ1n) is 4.55. The molecule has 0 spiro atoms. The van der Waals surface area contributed by atoms with Gasteiger partial charge in [0, 0.05) is 0 Å². The van der Waals surface area contributed by atoms with Crippen molar-refractivity contribution in [1.82, 2.24) is 0 Å². The van der Waals surface area contributed by atoms with Crippen LogP contribution in [0, 0.1) is 0 Å². The van der Waals surface area contributed by atoms with Crippen LogP contribution in [0.5, 0.6) is 0 Å². The second kappa shape index (κ2) is 3.53. The Morgan fingerprint density at radius 2 is 1.31 bits per heavy atom. The molecule has 0 amide bonds. The fourth-order valence-electron chi connectivity index (χ4n) is 1.56. The zero-order valence-electron chi connectivity index (χ0n) is 8.52. The third-order valence-corrected chi connectivity index (χ3v) is 2.11. The highest BCUT2D eigenvalue weighted by molar-refractivity contribution is 4.87. The quantitative estimate of drug-likeness (QED) is 0.656. The molecule has 4 unspecified atom stereocenters. The van der Waals surface area contributed by atoms with E-state index in [-0.39, 0.29) is 0 Å². The lowest BCUT2D eigenvalue weighted by Gasteiger charge is -2.20. The van der Waals surface area contributed by atoms with Gasteiger partial charge in [-0.2, -0.15) is 0 Å². The summed E-state index contributed by atoms with van der Waals surface area (Å²) in [5, 5.41) is 18.8. The molecule has 78 valence electrons. The molecule has 4 heteroatoms. The predicted octanol–water partition coefficient (Wildman–Crippen LogP) is 0.268. The van der Waals surface area contributed by atoms with Crippen molar-refractivity contribution < 1.29 is 19.7 Å². The molecular weight excluding hydrogens is 172 g/mol. The Morgan fingerprint density at radius 1 is 1.00 bits per heavy atom. The molecule has 1 fully saturated rings. The van der Waals surface area contributed by atoms with Gasteiger partial charge in [0.2, 0.25) is 0 Å². The third-order valence-electron chi connectivity index (χ3n) is 2.11. The molecular formula is C9H18O4. The zero-order chi connectivity index (χ0) is 10.2. The highest BCUT2D eigenvalue weighted by Crippen LogP contribution is 2.31. The summed E-state index contributed by atoms with van der Waals surface area (Å²) in [5.74, 6) is -0.719. The van der Waals surface area contributed by atoms with E-state index in [0.717, 1.165) is 0 Å². The van der Waals surface area contributed by atoms with Gasteiger partial charge in [-0.3, -0.25) is 0 Å². The SMILES string of the molecule is CC(O)C1OC(C)(C)OC1C(C)O. The summed E-state index contributed by atoms with van der Waals surface area (Å²) in [4.78, 5) is 0.